The molecule has 2 atom stereocenters. The van der Waals surface area contributed by atoms with Crippen LogP contribution >= 0.6 is 0 Å². The number of hydrogen-bond acceptors (Lipinski definition) is 3. The van der Waals surface area contributed by atoms with Gasteiger partial charge in [0.1, 0.15) is 0 Å². The number of aliphatic hydroxyl groups excluding tert-OH is 1. The number of nitrogen functional groups attached to an aromatic ring is 1. The number of anilines is 1. The Balaban J connectivity index is 2.24. The van der Waals surface area contributed by atoms with Crippen LogP contribution in [0.2, 0.25) is 0 Å². The zero-order chi connectivity index (χ0) is 14.9. The maximum absolute atomic E-state index is 13.3. The highest BCUT2D eigenvalue weighted by molar-refractivity contribution is 5.99. The Morgan fingerprint density at radius 1 is 1.30 bits per heavy atom. The van der Waals surface area contributed by atoms with E-state index in [-0.39, 0.29) is 17.3 Å². The molecular weight excluding hydrogens is 266 g/mol. The lowest BCUT2D eigenvalue weighted by Gasteiger charge is -2.35. The fourth-order valence-corrected chi connectivity index (χ4v) is 2.63. The van der Waals surface area contributed by atoms with E-state index in [1.165, 1.54) is 4.90 Å². The summed E-state index contributed by atoms with van der Waals surface area (Å²) in [5.41, 5.74) is 5.39. The molecule has 2 rings (SSSR count). The molecule has 110 valence electrons. The summed E-state index contributed by atoms with van der Waals surface area (Å²) in [7, 11) is 1.54. The summed E-state index contributed by atoms with van der Waals surface area (Å²) < 4.78 is 26.3. The van der Waals surface area contributed by atoms with E-state index < -0.39 is 23.6 Å². The van der Waals surface area contributed by atoms with Crippen LogP contribution in [0.4, 0.5) is 14.5 Å². The van der Waals surface area contributed by atoms with Crippen LogP contribution in [0.1, 0.15) is 36.0 Å². The topological polar surface area (TPSA) is 66.6 Å². The first kappa shape index (κ1) is 14.7. The van der Waals surface area contributed by atoms with Crippen LogP contribution in [-0.4, -0.2) is 35.1 Å². The summed E-state index contributed by atoms with van der Waals surface area (Å²) in [6, 6.07) is 1.29. The lowest BCUT2D eigenvalue weighted by molar-refractivity contribution is 0.0268. The van der Waals surface area contributed by atoms with E-state index in [2.05, 4.69) is 0 Å². The minimum absolute atomic E-state index is 0.0795. The normalized spacial score (nSPS) is 22.6. The number of hydrogen-bond donors (Lipinski definition) is 2. The number of aliphatic hydroxyl groups is 1. The van der Waals surface area contributed by atoms with E-state index in [1.807, 2.05) is 0 Å². The Labute approximate surface area is 116 Å². The molecule has 1 fully saturated rings. The third-order valence-corrected chi connectivity index (χ3v) is 3.83. The van der Waals surface area contributed by atoms with Gasteiger partial charge in [-0.2, -0.15) is 0 Å². The molecule has 20 heavy (non-hydrogen) atoms. The average Bonchev–Trinajstić information content (AvgIpc) is 2.42. The van der Waals surface area contributed by atoms with Gasteiger partial charge in [-0.25, -0.2) is 8.78 Å². The van der Waals surface area contributed by atoms with E-state index >= 15 is 0 Å². The van der Waals surface area contributed by atoms with Gasteiger partial charge in [0.15, 0.2) is 11.6 Å². The van der Waals surface area contributed by atoms with Gasteiger partial charge in [-0.3, -0.25) is 4.79 Å². The summed E-state index contributed by atoms with van der Waals surface area (Å²) in [6.45, 7) is 0. The second-order valence-electron chi connectivity index (χ2n) is 5.19. The van der Waals surface area contributed by atoms with Crippen LogP contribution in [0.3, 0.4) is 0 Å². The van der Waals surface area contributed by atoms with Crippen LogP contribution in [0.25, 0.3) is 0 Å². The maximum atomic E-state index is 13.3. The van der Waals surface area contributed by atoms with Gasteiger partial charge in [0.2, 0.25) is 0 Å². The number of rotatable bonds is 2. The number of likely N-dealkylation sites (N-methyl/N-ethyl adjacent to an activating group) is 1. The highest BCUT2D eigenvalue weighted by atomic mass is 19.2. The highest BCUT2D eigenvalue weighted by Crippen LogP contribution is 2.25. The summed E-state index contributed by atoms with van der Waals surface area (Å²) >= 11 is 0. The van der Waals surface area contributed by atoms with Crippen molar-refractivity contribution in [3.63, 3.8) is 0 Å². The Kier molecular flexibility index (Phi) is 4.23. The van der Waals surface area contributed by atoms with E-state index in [4.69, 9.17) is 5.73 Å². The number of nitrogens with two attached hydrogens (primary N) is 1. The smallest absolute Gasteiger partial charge is 0.256 e. The molecule has 0 aromatic heterocycles. The first-order chi connectivity index (χ1) is 9.41. The van der Waals surface area contributed by atoms with Crippen LogP contribution in [0.15, 0.2) is 12.1 Å². The molecule has 0 aliphatic heterocycles. The quantitative estimate of drug-likeness (QED) is 0.815. The number of carbonyl (C=O) groups is 1. The van der Waals surface area contributed by atoms with Crippen LogP contribution in [0.5, 0.6) is 0 Å². The van der Waals surface area contributed by atoms with Gasteiger partial charge >= 0.3 is 0 Å². The van der Waals surface area contributed by atoms with Crippen LogP contribution in [0, 0.1) is 11.6 Å². The van der Waals surface area contributed by atoms with Crippen molar-refractivity contribution in [2.75, 3.05) is 12.8 Å². The molecule has 4 nitrogen and oxygen atoms in total. The molecule has 1 aliphatic carbocycles. The largest absolute Gasteiger partial charge is 0.398 e. The minimum atomic E-state index is -1.11. The Morgan fingerprint density at radius 2 is 1.90 bits per heavy atom. The van der Waals surface area contributed by atoms with Crippen molar-refractivity contribution in [1.82, 2.24) is 4.90 Å². The molecule has 1 amide bonds. The first-order valence-electron chi connectivity index (χ1n) is 6.61. The van der Waals surface area contributed by atoms with Crippen molar-refractivity contribution in [2.24, 2.45) is 0 Å². The first-order valence-corrected chi connectivity index (χ1v) is 6.61. The third-order valence-electron chi connectivity index (χ3n) is 3.83. The molecule has 1 aromatic rings. The van der Waals surface area contributed by atoms with Gasteiger partial charge in [-0.15, -0.1) is 0 Å². The molecule has 0 radical (unpaired) electrons. The van der Waals surface area contributed by atoms with Gasteiger partial charge in [0, 0.05) is 18.8 Å². The molecule has 0 spiro atoms. The fraction of sp³-hybridized carbons (Fsp3) is 0.500. The van der Waals surface area contributed by atoms with Gasteiger partial charge in [0.05, 0.1) is 17.7 Å². The molecule has 1 saturated carbocycles. The number of benzene rings is 1. The summed E-state index contributed by atoms with van der Waals surface area (Å²) in [5.74, 6) is -2.70. The van der Waals surface area contributed by atoms with Gasteiger partial charge in [0.25, 0.3) is 5.91 Å². The van der Waals surface area contributed by atoms with Crippen LogP contribution < -0.4 is 5.73 Å². The number of carbonyl (C=O) groups excluding carboxylic acids is 1. The molecule has 0 saturated heterocycles. The van der Waals surface area contributed by atoms with Gasteiger partial charge < -0.3 is 15.7 Å². The second kappa shape index (κ2) is 5.75. The lowest BCUT2D eigenvalue weighted by Crippen LogP contribution is -2.46. The standard InChI is InChI=1S/C14H18F2N2O2/c1-18(12-4-2-3-5-13(12)19)14(20)8-6-9(15)10(16)7-11(8)17/h6-7,12-13,19H,2-5,17H2,1H3. The predicted octanol–water partition coefficient (Wildman–Crippen LogP) is 1.92. The average molecular weight is 284 g/mol. The van der Waals surface area contributed by atoms with Crippen molar-refractivity contribution in [2.45, 2.75) is 37.8 Å². The van der Waals surface area contributed by atoms with Gasteiger partial charge in [-0.1, -0.05) is 12.8 Å². The molecule has 2 unspecified atom stereocenters. The Morgan fingerprint density at radius 3 is 2.55 bits per heavy atom. The van der Waals surface area contributed by atoms with E-state index in [9.17, 15) is 18.7 Å². The summed E-state index contributed by atoms with van der Waals surface area (Å²) in [4.78, 5) is 13.7. The van der Waals surface area contributed by atoms with Crippen molar-refractivity contribution >= 4 is 11.6 Å². The molecule has 1 aliphatic rings. The van der Waals surface area contributed by atoms with Crippen molar-refractivity contribution in [3.8, 4) is 0 Å². The fourth-order valence-electron chi connectivity index (χ4n) is 2.63. The summed E-state index contributed by atoms with van der Waals surface area (Å²) in [6.07, 6.45) is 2.58. The molecule has 1 aromatic carbocycles. The molecule has 6 heteroatoms. The number of halogens is 2. The van der Waals surface area contributed by atoms with Crippen LogP contribution in [-0.2, 0) is 0 Å². The van der Waals surface area contributed by atoms with E-state index in [0.717, 1.165) is 25.0 Å². The molecule has 3 N–H and O–H groups in total. The highest BCUT2D eigenvalue weighted by Gasteiger charge is 2.30. The number of nitrogens with zero attached hydrogens (tertiary/aromatic N) is 1. The van der Waals surface area contributed by atoms with E-state index in [0.29, 0.717) is 12.8 Å². The predicted molar refractivity (Wildman–Crippen MR) is 71.1 cm³/mol. The minimum Gasteiger partial charge on any atom is -0.398 e. The molecule has 0 heterocycles. The SMILES string of the molecule is CN(C(=O)c1cc(F)c(F)cc1N)C1CCCCC1O. The Bertz CT molecular complexity index is 522. The van der Waals surface area contributed by atoms with Crippen molar-refractivity contribution in [1.29, 1.82) is 0 Å². The third kappa shape index (κ3) is 2.75. The monoisotopic (exact) mass is 284 g/mol. The number of amides is 1. The molecule has 0 bridgehead atoms. The Hall–Kier alpha value is -1.69. The maximum Gasteiger partial charge on any atom is 0.256 e. The zero-order valence-corrected chi connectivity index (χ0v) is 11.3. The second-order valence-corrected chi connectivity index (χ2v) is 5.19. The molecular formula is C14H18F2N2O2. The summed E-state index contributed by atoms with van der Waals surface area (Å²) in [5, 5.41) is 9.94. The lowest BCUT2D eigenvalue weighted by atomic mass is 9.91. The van der Waals surface area contributed by atoms with E-state index in [1.54, 1.807) is 7.05 Å². The van der Waals surface area contributed by atoms with Gasteiger partial charge in [-0.05, 0) is 18.9 Å². The van der Waals surface area contributed by atoms with Crippen molar-refractivity contribution < 1.29 is 18.7 Å². The zero-order valence-electron chi connectivity index (χ0n) is 11.3. The van der Waals surface area contributed by atoms with Crippen molar-refractivity contribution in [3.05, 3.63) is 29.3 Å².